The Morgan fingerprint density at radius 3 is 2.65 bits per heavy atom. The smallest absolute Gasteiger partial charge is 0.234 e. The van der Waals surface area contributed by atoms with Crippen molar-refractivity contribution < 1.29 is 4.79 Å². The summed E-state index contributed by atoms with van der Waals surface area (Å²) in [5, 5.41) is 4.15. The molecule has 0 fully saturated rings. The third-order valence-corrected chi connectivity index (χ3v) is 4.75. The molecule has 5 heteroatoms. The SMILES string of the molecule is CN(C)CCn1ccc2cc(NC(=O)CSC(C)(C)C)ccc21. The number of thioether (sulfide) groups is 1. The molecule has 0 radical (unpaired) electrons. The molecule has 2 aromatic rings. The number of carbonyl (C=O) groups excluding carboxylic acids is 1. The lowest BCUT2D eigenvalue weighted by Gasteiger charge is -2.17. The molecule has 0 atom stereocenters. The summed E-state index contributed by atoms with van der Waals surface area (Å²) in [5.74, 6) is 0.530. The standard InChI is InChI=1S/C18H27N3OS/c1-18(2,3)23-13-17(22)19-15-6-7-16-14(12-15)8-9-21(16)11-10-20(4)5/h6-9,12H,10-11,13H2,1-5H3,(H,19,22). The molecular weight excluding hydrogens is 306 g/mol. The van der Waals surface area contributed by atoms with Crippen LogP contribution >= 0.6 is 11.8 Å². The molecule has 0 aliphatic rings. The molecule has 4 nitrogen and oxygen atoms in total. The summed E-state index contributed by atoms with van der Waals surface area (Å²) in [6.07, 6.45) is 2.11. The fraction of sp³-hybridized carbons (Fsp3) is 0.500. The molecule has 0 spiro atoms. The van der Waals surface area contributed by atoms with Gasteiger partial charge in [0.25, 0.3) is 0 Å². The van der Waals surface area contributed by atoms with Crippen molar-refractivity contribution in [1.29, 1.82) is 0 Å². The van der Waals surface area contributed by atoms with Crippen molar-refractivity contribution >= 4 is 34.3 Å². The summed E-state index contributed by atoms with van der Waals surface area (Å²) in [7, 11) is 4.16. The maximum Gasteiger partial charge on any atom is 0.234 e. The third-order valence-electron chi connectivity index (χ3n) is 3.48. The summed E-state index contributed by atoms with van der Waals surface area (Å²) in [5.41, 5.74) is 2.07. The molecule has 126 valence electrons. The largest absolute Gasteiger partial charge is 0.346 e. The van der Waals surface area contributed by atoms with Gasteiger partial charge >= 0.3 is 0 Å². The molecule has 1 aromatic heterocycles. The van der Waals surface area contributed by atoms with E-state index in [0.717, 1.165) is 24.2 Å². The number of likely N-dealkylation sites (N-methyl/N-ethyl adjacent to an activating group) is 1. The summed E-state index contributed by atoms with van der Waals surface area (Å²) in [4.78, 5) is 14.2. The second-order valence-corrected chi connectivity index (χ2v) is 8.84. The van der Waals surface area contributed by atoms with Crippen molar-refractivity contribution in [3.05, 3.63) is 30.5 Å². The third kappa shape index (κ3) is 5.59. The van der Waals surface area contributed by atoms with Gasteiger partial charge in [-0.3, -0.25) is 4.79 Å². The number of benzene rings is 1. The molecule has 1 N–H and O–H groups in total. The molecular formula is C18H27N3OS. The number of fused-ring (bicyclic) bond motifs is 1. The van der Waals surface area contributed by atoms with Gasteiger partial charge in [0.05, 0.1) is 5.75 Å². The maximum absolute atomic E-state index is 12.0. The van der Waals surface area contributed by atoms with Crippen molar-refractivity contribution in [3.8, 4) is 0 Å². The fourth-order valence-electron chi connectivity index (χ4n) is 2.26. The maximum atomic E-state index is 12.0. The van der Waals surface area contributed by atoms with Gasteiger partial charge in [0.1, 0.15) is 0 Å². The first-order valence-electron chi connectivity index (χ1n) is 7.92. The number of hydrogen-bond acceptors (Lipinski definition) is 3. The highest BCUT2D eigenvalue weighted by molar-refractivity contribution is 8.01. The lowest BCUT2D eigenvalue weighted by atomic mass is 10.2. The first-order valence-corrected chi connectivity index (χ1v) is 8.90. The van der Waals surface area contributed by atoms with Crippen LogP contribution in [0.5, 0.6) is 0 Å². The number of anilines is 1. The number of aromatic nitrogens is 1. The van der Waals surface area contributed by atoms with Crippen LogP contribution in [-0.4, -0.2) is 46.5 Å². The van der Waals surface area contributed by atoms with E-state index in [1.54, 1.807) is 11.8 Å². The van der Waals surface area contributed by atoms with Gasteiger partial charge in [-0.1, -0.05) is 20.8 Å². The van der Waals surface area contributed by atoms with Crippen LogP contribution < -0.4 is 5.32 Å². The van der Waals surface area contributed by atoms with Gasteiger partial charge in [-0.2, -0.15) is 0 Å². The van der Waals surface area contributed by atoms with Crippen LogP contribution in [0.3, 0.4) is 0 Å². The molecule has 1 amide bonds. The van der Waals surface area contributed by atoms with Crippen molar-refractivity contribution in [2.75, 3.05) is 31.7 Å². The molecule has 23 heavy (non-hydrogen) atoms. The highest BCUT2D eigenvalue weighted by Gasteiger charge is 2.13. The second kappa shape index (κ2) is 7.41. The fourth-order valence-corrected chi connectivity index (χ4v) is 2.90. The number of nitrogens with one attached hydrogen (secondary N) is 1. The van der Waals surface area contributed by atoms with Gasteiger partial charge < -0.3 is 14.8 Å². The lowest BCUT2D eigenvalue weighted by molar-refractivity contribution is -0.113. The summed E-state index contributed by atoms with van der Waals surface area (Å²) in [6, 6.07) is 8.21. The van der Waals surface area contributed by atoms with E-state index in [2.05, 4.69) is 68.0 Å². The van der Waals surface area contributed by atoms with Crippen molar-refractivity contribution in [2.45, 2.75) is 32.1 Å². The van der Waals surface area contributed by atoms with E-state index >= 15 is 0 Å². The Morgan fingerprint density at radius 1 is 1.26 bits per heavy atom. The zero-order chi connectivity index (χ0) is 17.0. The first-order chi connectivity index (χ1) is 10.7. The van der Waals surface area contributed by atoms with Crippen LogP contribution in [0, 0.1) is 0 Å². The van der Waals surface area contributed by atoms with Crippen LogP contribution in [0.4, 0.5) is 5.69 Å². The van der Waals surface area contributed by atoms with E-state index in [-0.39, 0.29) is 10.7 Å². The number of carbonyl (C=O) groups is 1. The highest BCUT2D eigenvalue weighted by Crippen LogP contribution is 2.24. The molecule has 0 saturated heterocycles. The summed E-state index contributed by atoms with van der Waals surface area (Å²) in [6.45, 7) is 8.32. The molecule has 0 bridgehead atoms. The Bertz CT molecular complexity index is 670. The molecule has 1 heterocycles. The minimum Gasteiger partial charge on any atom is -0.346 e. The summed E-state index contributed by atoms with van der Waals surface area (Å²) >= 11 is 1.66. The number of amides is 1. The highest BCUT2D eigenvalue weighted by atomic mass is 32.2. The minimum atomic E-state index is 0.0521. The average molecular weight is 334 g/mol. The molecule has 0 aliphatic carbocycles. The Balaban J connectivity index is 2.02. The van der Waals surface area contributed by atoms with E-state index in [1.807, 2.05) is 12.1 Å². The molecule has 2 rings (SSSR count). The van der Waals surface area contributed by atoms with Crippen molar-refractivity contribution in [2.24, 2.45) is 0 Å². The minimum absolute atomic E-state index is 0.0521. The quantitative estimate of drug-likeness (QED) is 0.876. The van der Waals surface area contributed by atoms with Gasteiger partial charge in [0, 0.05) is 40.6 Å². The average Bonchev–Trinajstić information content (AvgIpc) is 2.84. The van der Waals surface area contributed by atoms with E-state index < -0.39 is 0 Å². The number of nitrogens with zero attached hydrogens (tertiary/aromatic N) is 2. The Morgan fingerprint density at radius 2 is 2.00 bits per heavy atom. The zero-order valence-electron chi connectivity index (χ0n) is 14.7. The lowest BCUT2D eigenvalue weighted by Crippen LogP contribution is -2.19. The zero-order valence-corrected chi connectivity index (χ0v) is 15.5. The van der Waals surface area contributed by atoms with E-state index in [4.69, 9.17) is 0 Å². The molecule has 0 aliphatic heterocycles. The first kappa shape index (κ1) is 17.9. The van der Waals surface area contributed by atoms with Crippen molar-refractivity contribution in [3.63, 3.8) is 0 Å². The predicted octanol–water partition coefficient (Wildman–Crippen LogP) is 3.67. The molecule has 0 unspecified atom stereocenters. The Labute approximate surface area is 143 Å². The number of hydrogen-bond donors (Lipinski definition) is 1. The van der Waals surface area contributed by atoms with Gasteiger partial charge in [-0.05, 0) is 38.4 Å². The summed E-state index contributed by atoms with van der Waals surface area (Å²) < 4.78 is 2.35. The number of rotatable bonds is 6. The van der Waals surface area contributed by atoms with E-state index in [9.17, 15) is 4.79 Å². The van der Waals surface area contributed by atoms with E-state index in [0.29, 0.717) is 5.75 Å². The van der Waals surface area contributed by atoms with Gasteiger partial charge in [0.15, 0.2) is 0 Å². The van der Waals surface area contributed by atoms with Crippen molar-refractivity contribution in [1.82, 2.24) is 9.47 Å². The molecule has 1 aromatic carbocycles. The van der Waals surface area contributed by atoms with Crippen LogP contribution in [-0.2, 0) is 11.3 Å². The van der Waals surface area contributed by atoms with E-state index in [1.165, 1.54) is 5.52 Å². The monoisotopic (exact) mass is 333 g/mol. The van der Waals surface area contributed by atoms with Crippen LogP contribution in [0.15, 0.2) is 30.5 Å². The van der Waals surface area contributed by atoms with Gasteiger partial charge in [0.2, 0.25) is 5.91 Å². The van der Waals surface area contributed by atoms with Crippen LogP contribution in [0.1, 0.15) is 20.8 Å². The van der Waals surface area contributed by atoms with Gasteiger partial charge in [-0.15, -0.1) is 11.8 Å². The molecule has 0 saturated carbocycles. The Hall–Kier alpha value is -1.46. The van der Waals surface area contributed by atoms with Gasteiger partial charge in [-0.25, -0.2) is 0 Å². The second-order valence-electron chi connectivity index (χ2n) is 7.04. The topological polar surface area (TPSA) is 37.3 Å². The Kier molecular flexibility index (Phi) is 5.76. The van der Waals surface area contributed by atoms with Crippen LogP contribution in [0.25, 0.3) is 10.9 Å². The predicted molar refractivity (Wildman–Crippen MR) is 101 cm³/mol. The normalized spacial score (nSPS) is 12.1. The van der Waals surface area contributed by atoms with Crippen LogP contribution in [0.2, 0.25) is 0 Å².